The zero-order chi connectivity index (χ0) is 27.1. The van der Waals surface area contributed by atoms with Gasteiger partial charge in [0.15, 0.2) is 5.82 Å². The Morgan fingerprint density at radius 1 is 0.897 bits per heavy atom. The molecule has 1 fully saturated rings. The lowest BCUT2D eigenvalue weighted by molar-refractivity contribution is 0.0782. The average molecular weight is 524 g/mol. The number of benzene rings is 3. The van der Waals surface area contributed by atoms with Crippen LogP contribution in [0.2, 0.25) is 0 Å². The van der Waals surface area contributed by atoms with Crippen molar-refractivity contribution in [1.82, 2.24) is 35.2 Å². The van der Waals surface area contributed by atoms with Gasteiger partial charge in [-0.1, -0.05) is 39.0 Å². The maximum absolute atomic E-state index is 6.22. The highest BCUT2D eigenvalue weighted by atomic mass is 16.5. The van der Waals surface area contributed by atoms with Gasteiger partial charge in [-0.25, -0.2) is 4.98 Å². The van der Waals surface area contributed by atoms with E-state index in [1.54, 1.807) is 0 Å². The molecule has 0 radical (unpaired) electrons. The molecule has 8 heteroatoms. The number of aromatic nitrogens is 5. The fraction of sp³-hybridized carbons (Fsp3) is 0.387. The van der Waals surface area contributed by atoms with Crippen LogP contribution in [-0.2, 0) is 6.42 Å². The molecule has 1 saturated heterocycles. The first kappa shape index (κ1) is 25.5. The molecule has 1 unspecified atom stereocenters. The van der Waals surface area contributed by atoms with Gasteiger partial charge in [-0.15, -0.1) is 0 Å². The molecule has 0 saturated carbocycles. The second kappa shape index (κ2) is 10.1. The summed E-state index contributed by atoms with van der Waals surface area (Å²) in [5.74, 6) is 2.52. The summed E-state index contributed by atoms with van der Waals surface area (Å²) in [6.07, 6.45) is 0.845. The van der Waals surface area contributed by atoms with Gasteiger partial charge in [0, 0.05) is 42.6 Å². The Kier molecular flexibility index (Phi) is 6.61. The van der Waals surface area contributed by atoms with Crippen molar-refractivity contribution in [3.63, 3.8) is 0 Å². The van der Waals surface area contributed by atoms with Gasteiger partial charge in [0.25, 0.3) is 0 Å². The summed E-state index contributed by atoms with van der Waals surface area (Å²) < 4.78 is 6.22. The summed E-state index contributed by atoms with van der Waals surface area (Å²) in [6.45, 7) is 10.5. The third kappa shape index (κ3) is 5.53. The van der Waals surface area contributed by atoms with Gasteiger partial charge < -0.3 is 9.64 Å². The smallest absolute Gasteiger partial charge is 0.181 e. The normalized spacial score (nSPS) is 17.3. The Hall–Kier alpha value is -3.75. The molecule has 39 heavy (non-hydrogen) atoms. The van der Waals surface area contributed by atoms with Crippen molar-refractivity contribution in [1.29, 1.82) is 0 Å². The Morgan fingerprint density at radius 2 is 1.69 bits per heavy atom. The van der Waals surface area contributed by atoms with Crippen molar-refractivity contribution in [3.05, 3.63) is 60.4 Å². The van der Waals surface area contributed by atoms with Crippen LogP contribution in [-0.4, -0.2) is 81.6 Å². The van der Waals surface area contributed by atoms with Gasteiger partial charge in [-0.05, 0) is 66.7 Å². The predicted molar refractivity (Wildman–Crippen MR) is 157 cm³/mol. The van der Waals surface area contributed by atoms with Crippen LogP contribution in [0.4, 0.5) is 0 Å². The molecule has 0 amide bonds. The van der Waals surface area contributed by atoms with Crippen LogP contribution in [0.3, 0.4) is 0 Å². The Morgan fingerprint density at radius 3 is 2.54 bits per heavy atom. The zero-order valence-electron chi connectivity index (χ0n) is 23.5. The summed E-state index contributed by atoms with van der Waals surface area (Å²) >= 11 is 0. The van der Waals surface area contributed by atoms with E-state index in [-0.39, 0.29) is 5.41 Å². The average Bonchev–Trinajstić information content (AvgIpc) is 3.54. The van der Waals surface area contributed by atoms with Gasteiger partial charge in [0.1, 0.15) is 18.2 Å². The van der Waals surface area contributed by atoms with E-state index in [1.807, 2.05) is 12.1 Å². The topological polar surface area (TPSA) is 86.0 Å². The van der Waals surface area contributed by atoms with E-state index in [0.717, 1.165) is 76.1 Å². The number of rotatable bonds is 6. The summed E-state index contributed by atoms with van der Waals surface area (Å²) in [4.78, 5) is 9.50. The predicted octanol–water partition coefficient (Wildman–Crippen LogP) is 5.38. The van der Waals surface area contributed by atoms with E-state index in [2.05, 4.69) is 108 Å². The number of fused-ring (bicyclic) bond motifs is 2. The minimum absolute atomic E-state index is 0.143. The largest absolute Gasteiger partial charge is 0.492 e. The quantitative estimate of drug-likeness (QED) is 0.311. The molecule has 6 rings (SSSR count). The Balaban J connectivity index is 1.23. The molecule has 2 aromatic heterocycles. The summed E-state index contributed by atoms with van der Waals surface area (Å²) in [7, 11) is 4.36. The molecule has 1 atom stereocenters. The first-order chi connectivity index (χ1) is 18.7. The molecular formula is C31H37N7O. The molecule has 3 heterocycles. The van der Waals surface area contributed by atoms with Crippen LogP contribution < -0.4 is 4.74 Å². The Labute approximate surface area is 229 Å². The molecule has 2 N–H and O–H groups in total. The standard InChI is InChI=1S/C31H37N7O/c1-31(2,3)17-28-32-30(36-34-28)23-9-11-27-26(16-23)29(35-33-27)22-7-6-21-15-25(10-8-20(21)14-22)39-19-24-18-37(4)12-13-38(24)5/h6-11,14-16,24H,12-13,17-19H2,1-5H3,(H,33,35)(H,32,34,36). The number of likely N-dealkylation sites (N-methyl/N-ethyl adjacent to an activating group) is 2. The minimum atomic E-state index is 0.143. The molecule has 202 valence electrons. The molecule has 0 aliphatic carbocycles. The molecule has 5 aromatic rings. The van der Waals surface area contributed by atoms with Crippen LogP contribution >= 0.6 is 0 Å². The fourth-order valence-corrected chi connectivity index (χ4v) is 5.31. The van der Waals surface area contributed by atoms with Crippen molar-refractivity contribution in [2.24, 2.45) is 5.41 Å². The first-order valence-corrected chi connectivity index (χ1v) is 13.7. The summed E-state index contributed by atoms with van der Waals surface area (Å²) in [6, 6.07) is 19.4. The number of aromatic amines is 2. The number of hydrogen-bond acceptors (Lipinski definition) is 6. The number of nitrogens with one attached hydrogen (secondary N) is 2. The Bertz CT molecular complexity index is 1610. The lowest BCUT2D eigenvalue weighted by atomic mass is 9.92. The van der Waals surface area contributed by atoms with Gasteiger partial charge in [-0.3, -0.25) is 15.1 Å². The third-order valence-corrected chi connectivity index (χ3v) is 7.56. The number of hydrogen-bond donors (Lipinski definition) is 2. The van der Waals surface area contributed by atoms with Crippen LogP contribution in [0, 0.1) is 5.41 Å². The molecule has 0 bridgehead atoms. The summed E-state index contributed by atoms with van der Waals surface area (Å²) in [5, 5.41) is 18.8. The number of piperazine rings is 1. The second-order valence-corrected chi connectivity index (χ2v) is 12.1. The number of nitrogens with zero attached hydrogens (tertiary/aromatic N) is 5. The summed E-state index contributed by atoms with van der Waals surface area (Å²) in [5.41, 5.74) is 4.09. The van der Waals surface area contributed by atoms with Gasteiger partial charge in [-0.2, -0.15) is 10.2 Å². The molecule has 1 aliphatic heterocycles. The SMILES string of the molecule is CN1CCN(C)C(COc2ccc3cc(-c4n[nH]c5ccc(-c6n[nH]c(CC(C)(C)C)n6)cc45)ccc3c2)C1. The highest BCUT2D eigenvalue weighted by Gasteiger charge is 2.22. The van der Waals surface area contributed by atoms with E-state index >= 15 is 0 Å². The zero-order valence-corrected chi connectivity index (χ0v) is 23.5. The van der Waals surface area contributed by atoms with Crippen LogP contribution in [0.5, 0.6) is 5.75 Å². The van der Waals surface area contributed by atoms with Crippen molar-refractivity contribution in [2.45, 2.75) is 33.2 Å². The van der Waals surface area contributed by atoms with Gasteiger partial charge in [0.2, 0.25) is 0 Å². The maximum atomic E-state index is 6.22. The van der Waals surface area contributed by atoms with Crippen molar-refractivity contribution in [3.8, 4) is 28.4 Å². The van der Waals surface area contributed by atoms with E-state index in [4.69, 9.17) is 9.72 Å². The molecular weight excluding hydrogens is 486 g/mol. The van der Waals surface area contributed by atoms with E-state index in [0.29, 0.717) is 18.5 Å². The highest BCUT2D eigenvalue weighted by molar-refractivity contribution is 5.97. The molecule has 8 nitrogen and oxygen atoms in total. The van der Waals surface area contributed by atoms with Crippen LogP contribution in [0.1, 0.15) is 26.6 Å². The maximum Gasteiger partial charge on any atom is 0.181 e. The highest BCUT2D eigenvalue weighted by Crippen LogP contribution is 2.32. The first-order valence-electron chi connectivity index (χ1n) is 13.7. The second-order valence-electron chi connectivity index (χ2n) is 12.1. The third-order valence-electron chi connectivity index (χ3n) is 7.56. The van der Waals surface area contributed by atoms with E-state index in [1.165, 1.54) is 0 Å². The lowest BCUT2D eigenvalue weighted by Gasteiger charge is -2.37. The van der Waals surface area contributed by atoms with Crippen molar-refractivity contribution >= 4 is 21.7 Å². The molecule has 0 spiro atoms. The number of ether oxygens (including phenoxy) is 1. The van der Waals surface area contributed by atoms with Crippen molar-refractivity contribution < 1.29 is 4.74 Å². The van der Waals surface area contributed by atoms with Crippen LogP contribution in [0.15, 0.2) is 54.6 Å². The van der Waals surface area contributed by atoms with Gasteiger partial charge in [0.05, 0.1) is 17.3 Å². The van der Waals surface area contributed by atoms with Crippen molar-refractivity contribution in [2.75, 3.05) is 40.3 Å². The van der Waals surface area contributed by atoms with Gasteiger partial charge >= 0.3 is 0 Å². The van der Waals surface area contributed by atoms with Crippen LogP contribution in [0.25, 0.3) is 44.3 Å². The molecule has 1 aliphatic rings. The van der Waals surface area contributed by atoms with E-state index < -0.39 is 0 Å². The monoisotopic (exact) mass is 523 g/mol. The number of H-pyrrole nitrogens is 2. The fourth-order valence-electron chi connectivity index (χ4n) is 5.31. The van der Waals surface area contributed by atoms with E-state index in [9.17, 15) is 0 Å². The molecule has 3 aromatic carbocycles. The lowest BCUT2D eigenvalue weighted by Crippen LogP contribution is -2.52. The minimum Gasteiger partial charge on any atom is -0.492 e.